The average molecular weight is 587 g/mol. The van der Waals surface area contributed by atoms with E-state index in [1.165, 1.54) is 0 Å². The van der Waals surface area contributed by atoms with Gasteiger partial charge in [0.05, 0.1) is 23.9 Å². The number of hydrogen-bond donors (Lipinski definition) is 2. The third-order valence-electron chi connectivity index (χ3n) is 8.00. The normalized spacial score (nSPS) is 16.8. The molecule has 0 spiro atoms. The lowest BCUT2D eigenvalue weighted by Gasteiger charge is -2.33. The van der Waals surface area contributed by atoms with Crippen LogP contribution in [0.1, 0.15) is 29.7 Å². The Labute approximate surface area is 256 Å². The highest BCUT2D eigenvalue weighted by Gasteiger charge is 2.46. The minimum absolute atomic E-state index is 0.155. The van der Waals surface area contributed by atoms with Gasteiger partial charge in [0.1, 0.15) is 17.5 Å². The van der Waals surface area contributed by atoms with E-state index >= 15 is 0 Å². The maximum atomic E-state index is 14.4. The Balaban J connectivity index is 1.31. The molecule has 2 atom stereocenters. The molecule has 4 aromatic carbocycles. The van der Waals surface area contributed by atoms with E-state index in [0.717, 1.165) is 16.7 Å². The first-order valence-corrected chi connectivity index (χ1v) is 14.8. The molecule has 0 bridgehead atoms. The van der Waals surface area contributed by atoms with Crippen LogP contribution in [-0.4, -0.2) is 46.8 Å². The number of carbonyl (C=O) groups is 3. The van der Waals surface area contributed by atoms with Crippen LogP contribution in [-0.2, 0) is 22.6 Å². The topological polar surface area (TPSA) is 91.0 Å². The maximum absolute atomic E-state index is 14.4. The number of urea groups is 1. The van der Waals surface area contributed by atoms with Gasteiger partial charge >= 0.3 is 6.03 Å². The van der Waals surface area contributed by atoms with Gasteiger partial charge < -0.3 is 20.3 Å². The molecule has 6 rings (SSSR count). The number of rotatable bonds is 10. The van der Waals surface area contributed by atoms with E-state index in [1.54, 1.807) is 9.80 Å². The zero-order valence-corrected chi connectivity index (χ0v) is 24.5. The fraction of sp³-hybridized carbons (Fsp3) is 0.194. The molecule has 2 N–H and O–H groups in total. The van der Waals surface area contributed by atoms with Crippen molar-refractivity contribution >= 4 is 17.8 Å². The summed E-state index contributed by atoms with van der Waals surface area (Å²) in [6.45, 7) is 2.76. The van der Waals surface area contributed by atoms with E-state index in [9.17, 15) is 14.4 Å². The van der Waals surface area contributed by atoms with Gasteiger partial charge in [-0.3, -0.25) is 14.5 Å². The number of nitrogens with one attached hydrogen (secondary N) is 2. The molecule has 2 aliphatic heterocycles. The molecular formula is C36H34N4O4. The minimum Gasteiger partial charge on any atom is -0.457 e. The summed E-state index contributed by atoms with van der Waals surface area (Å²) >= 11 is 0. The molecule has 222 valence electrons. The quantitative estimate of drug-likeness (QED) is 0.254. The molecule has 2 unspecified atom stereocenters. The summed E-state index contributed by atoms with van der Waals surface area (Å²) in [7, 11) is 0. The SMILES string of the molecule is CCN1C(=O)NC(c2cccc(Oc3ccccc3)c2)C2=C1CN(C(Cc1ccccc1)C(=O)NCc1ccccc1)C2=O. The highest BCUT2D eigenvalue weighted by atomic mass is 16.5. The van der Waals surface area contributed by atoms with Crippen molar-refractivity contribution in [2.45, 2.75) is 32.0 Å². The van der Waals surface area contributed by atoms with Gasteiger partial charge in [0, 0.05) is 19.5 Å². The van der Waals surface area contributed by atoms with Crippen molar-refractivity contribution in [1.82, 2.24) is 20.4 Å². The number of hydrogen-bond acceptors (Lipinski definition) is 4. The fourth-order valence-electron chi connectivity index (χ4n) is 5.82. The van der Waals surface area contributed by atoms with E-state index < -0.39 is 12.1 Å². The molecule has 0 saturated heterocycles. The zero-order valence-electron chi connectivity index (χ0n) is 24.5. The molecule has 4 amide bonds. The summed E-state index contributed by atoms with van der Waals surface area (Å²) in [4.78, 5) is 44.7. The van der Waals surface area contributed by atoms with Crippen molar-refractivity contribution in [2.24, 2.45) is 0 Å². The Morgan fingerprint density at radius 2 is 1.50 bits per heavy atom. The fourth-order valence-corrected chi connectivity index (χ4v) is 5.82. The van der Waals surface area contributed by atoms with Crippen LogP contribution in [0.5, 0.6) is 11.5 Å². The highest BCUT2D eigenvalue weighted by Crippen LogP contribution is 2.38. The summed E-state index contributed by atoms with van der Waals surface area (Å²) in [5.41, 5.74) is 3.72. The van der Waals surface area contributed by atoms with E-state index in [2.05, 4.69) is 10.6 Å². The first-order valence-electron chi connectivity index (χ1n) is 14.8. The average Bonchev–Trinajstić information content (AvgIpc) is 3.40. The molecule has 8 nitrogen and oxygen atoms in total. The lowest BCUT2D eigenvalue weighted by Crippen LogP contribution is -2.49. The predicted molar refractivity (Wildman–Crippen MR) is 168 cm³/mol. The summed E-state index contributed by atoms with van der Waals surface area (Å²) < 4.78 is 6.05. The number of para-hydroxylation sites is 1. The first-order chi connectivity index (χ1) is 21.5. The molecule has 0 radical (unpaired) electrons. The standard InChI is InChI=1S/C36H34N4O4/c1-2-39-31-24-40(30(21-25-13-6-3-7-14-25)34(41)37-23-26-15-8-4-9-16-26)35(42)32(31)33(38-36(39)43)27-17-12-20-29(22-27)44-28-18-10-5-11-19-28/h3-20,22,30,33H,2,21,23-24H2,1H3,(H,37,41)(H,38,43). The summed E-state index contributed by atoms with van der Waals surface area (Å²) in [5.74, 6) is 0.756. The summed E-state index contributed by atoms with van der Waals surface area (Å²) in [6, 6.07) is 34.4. The van der Waals surface area contributed by atoms with Crippen LogP contribution in [0.15, 0.2) is 127 Å². The molecule has 0 fully saturated rings. The first kappa shape index (κ1) is 28.7. The van der Waals surface area contributed by atoms with Crippen molar-refractivity contribution in [3.05, 3.63) is 143 Å². The largest absolute Gasteiger partial charge is 0.457 e. The Hall–Kier alpha value is -5.37. The number of likely N-dealkylation sites (N-methyl/N-ethyl adjacent to an activating group) is 1. The second-order valence-corrected chi connectivity index (χ2v) is 10.8. The van der Waals surface area contributed by atoms with Gasteiger partial charge in [-0.25, -0.2) is 4.79 Å². The van der Waals surface area contributed by atoms with E-state index in [-0.39, 0.29) is 24.4 Å². The van der Waals surface area contributed by atoms with Crippen LogP contribution < -0.4 is 15.4 Å². The maximum Gasteiger partial charge on any atom is 0.322 e. The van der Waals surface area contributed by atoms with Gasteiger partial charge in [0.2, 0.25) is 5.91 Å². The molecule has 2 aliphatic rings. The van der Waals surface area contributed by atoms with Crippen molar-refractivity contribution in [1.29, 1.82) is 0 Å². The van der Waals surface area contributed by atoms with Crippen LogP contribution in [0.3, 0.4) is 0 Å². The Morgan fingerprint density at radius 3 is 2.18 bits per heavy atom. The molecular weight excluding hydrogens is 552 g/mol. The molecule has 4 aromatic rings. The molecule has 8 heteroatoms. The van der Waals surface area contributed by atoms with Gasteiger partial charge in [-0.2, -0.15) is 0 Å². The smallest absolute Gasteiger partial charge is 0.322 e. The number of amides is 4. The van der Waals surface area contributed by atoms with Gasteiger partial charge in [0.15, 0.2) is 0 Å². The molecule has 0 saturated carbocycles. The Bertz CT molecular complexity index is 1670. The second kappa shape index (κ2) is 12.9. The van der Waals surface area contributed by atoms with Crippen molar-refractivity contribution in [2.75, 3.05) is 13.1 Å². The summed E-state index contributed by atoms with van der Waals surface area (Å²) in [5, 5.41) is 6.08. The number of benzene rings is 4. The molecule has 0 aromatic heterocycles. The van der Waals surface area contributed by atoms with Gasteiger partial charge in [-0.05, 0) is 47.9 Å². The third kappa shape index (κ3) is 6.06. The van der Waals surface area contributed by atoms with Crippen LogP contribution >= 0.6 is 0 Å². The Kier molecular flexibility index (Phi) is 8.41. The van der Waals surface area contributed by atoms with Crippen molar-refractivity contribution in [3.8, 4) is 11.5 Å². The van der Waals surface area contributed by atoms with Crippen molar-refractivity contribution < 1.29 is 19.1 Å². The molecule has 2 heterocycles. The zero-order chi connectivity index (χ0) is 30.5. The monoisotopic (exact) mass is 586 g/mol. The van der Waals surface area contributed by atoms with Crippen molar-refractivity contribution in [3.63, 3.8) is 0 Å². The Morgan fingerprint density at radius 1 is 0.864 bits per heavy atom. The highest BCUT2D eigenvalue weighted by molar-refractivity contribution is 6.03. The summed E-state index contributed by atoms with van der Waals surface area (Å²) in [6.07, 6.45) is 0.340. The predicted octanol–water partition coefficient (Wildman–Crippen LogP) is 5.59. The number of nitrogens with zero attached hydrogens (tertiary/aromatic N) is 2. The lowest BCUT2D eigenvalue weighted by atomic mass is 9.95. The van der Waals surface area contributed by atoms with E-state index in [4.69, 9.17) is 4.74 Å². The van der Waals surface area contributed by atoms with Gasteiger partial charge in [-0.1, -0.05) is 91.0 Å². The molecule has 44 heavy (non-hydrogen) atoms. The van der Waals surface area contributed by atoms with E-state index in [1.807, 2.05) is 122 Å². The van der Waals surface area contributed by atoms with Gasteiger partial charge in [-0.15, -0.1) is 0 Å². The van der Waals surface area contributed by atoms with Crippen LogP contribution in [0.2, 0.25) is 0 Å². The number of carbonyl (C=O) groups excluding carboxylic acids is 3. The van der Waals surface area contributed by atoms with Gasteiger partial charge in [0.25, 0.3) is 5.91 Å². The lowest BCUT2D eigenvalue weighted by molar-refractivity contribution is -0.136. The van der Waals surface area contributed by atoms with Crippen LogP contribution in [0.4, 0.5) is 4.79 Å². The molecule has 0 aliphatic carbocycles. The minimum atomic E-state index is -0.776. The van der Waals surface area contributed by atoms with E-state index in [0.29, 0.717) is 42.3 Å². The van der Waals surface area contributed by atoms with Crippen LogP contribution in [0, 0.1) is 0 Å². The second-order valence-electron chi connectivity index (χ2n) is 10.8. The van der Waals surface area contributed by atoms with Crippen LogP contribution in [0.25, 0.3) is 0 Å². The number of ether oxygens (including phenoxy) is 1. The third-order valence-corrected chi connectivity index (χ3v) is 8.00.